The summed E-state index contributed by atoms with van der Waals surface area (Å²) in [5.41, 5.74) is -2.25. The van der Waals surface area contributed by atoms with Crippen molar-refractivity contribution in [3.05, 3.63) is 0 Å². The Morgan fingerprint density at radius 1 is 0.707 bits per heavy atom. The van der Waals surface area contributed by atoms with Crippen LogP contribution < -0.4 is 0 Å². The first-order chi connectivity index (χ1) is 19.0. The summed E-state index contributed by atoms with van der Waals surface area (Å²) in [4.78, 5) is 62.7. The number of carbonyl (C=O) groups excluding carboxylic acids is 5. The van der Waals surface area contributed by atoms with Gasteiger partial charge >= 0.3 is 23.9 Å². The van der Waals surface area contributed by atoms with E-state index in [1.807, 2.05) is 0 Å². The van der Waals surface area contributed by atoms with Crippen LogP contribution in [0.15, 0.2) is 0 Å². The van der Waals surface area contributed by atoms with Gasteiger partial charge in [0.25, 0.3) is 0 Å². The lowest BCUT2D eigenvalue weighted by atomic mass is 9.33. The molecule has 0 aliphatic heterocycles. The monoisotopic (exact) mass is 576 g/mol. The lowest BCUT2D eigenvalue weighted by Crippen LogP contribution is -2.68. The minimum Gasteiger partial charge on any atom is -0.464 e. The van der Waals surface area contributed by atoms with Crippen molar-refractivity contribution in [2.45, 2.75) is 113 Å². The van der Waals surface area contributed by atoms with Crippen molar-refractivity contribution in [3.63, 3.8) is 0 Å². The SMILES string of the molecule is CC(=O)OCOC(=O)[C@]1(COC(C)=O)CC[C@]2(C)C(CCC3[C@@]4(C)CCC(OC(C)=O)C(C)(C)C4CC[C@]32C)C1=O. The maximum atomic E-state index is 14.4. The van der Waals surface area contributed by atoms with Crippen molar-refractivity contribution in [2.75, 3.05) is 13.4 Å². The van der Waals surface area contributed by atoms with E-state index in [0.717, 1.165) is 32.1 Å². The minimum absolute atomic E-state index is 0.0272. The molecule has 0 aromatic carbocycles. The third kappa shape index (κ3) is 4.89. The Kier molecular flexibility index (Phi) is 8.20. The first-order valence-electron chi connectivity index (χ1n) is 15.1. The molecule has 0 aromatic heterocycles. The minimum atomic E-state index is -1.62. The number of hydrogen-bond acceptors (Lipinski definition) is 9. The molecule has 9 nitrogen and oxygen atoms in total. The van der Waals surface area contributed by atoms with Gasteiger partial charge in [-0.3, -0.25) is 24.0 Å². The van der Waals surface area contributed by atoms with Crippen LogP contribution in [0.4, 0.5) is 0 Å². The molecule has 230 valence electrons. The molecule has 0 bridgehead atoms. The fourth-order valence-corrected chi connectivity index (χ4v) is 10.1. The van der Waals surface area contributed by atoms with E-state index < -0.39 is 30.1 Å². The average molecular weight is 577 g/mol. The Morgan fingerprint density at radius 3 is 1.98 bits per heavy atom. The zero-order chi connectivity index (χ0) is 30.6. The molecule has 0 amide bonds. The number of hydrogen-bond donors (Lipinski definition) is 0. The molecular formula is C32H48O9. The Balaban J connectivity index is 1.64. The van der Waals surface area contributed by atoms with Crippen LogP contribution in [0.2, 0.25) is 0 Å². The molecule has 0 N–H and O–H groups in total. The molecule has 4 fully saturated rings. The van der Waals surface area contributed by atoms with E-state index in [1.54, 1.807) is 0 Å². The second kappa shape index (κ2) is 10.7. The largest absolute Gasteiger partial charge is 0.464 e. The smallest absolute Gasteiger partial charge is 0.326 e. The molecule has 4 aliphatic carbocycles. The number of carbonyl (C=O) groups is 5. The quantitative estimate of drug-likeness (QED) is 0.182. The molecule has 41 heavy (non-hydrogen) atoms. The Morgan fingerprint density at radius 2 is 1.37 bits per heavy atom. The zero-order valence-electron chi connectivity index (χ0n) is 26.1. The molecular weight excluding hydrogens is 528 g/mol. The summed E-state index contributed by atoms with van der Waals surface area (Å²) in [6, 6.07) is 0. The number of ether oxygens (including phenoxy) is 4. The highest BCUT2D eigenvalue weighted by atomic mass is 16.7. The second-order valence-corrected chi connectivity index (χ2v) is 14.5. The van der Waals surface area contributed by atoms with E-state index >= 15 is 0 Å². The van der Waals surface area contributed by atoms with E-state index in [4.69, 9.17) is 18.9 Å². The Labute approximate surface area is 243 Å². The number of Topliss-reactive ketones (excluding diaryl/α,β-unsaturated/α-hetero) is 1. The van der Waals surface area contributed by atoms with Crippen LogP contribution in [0.3, 0.4) is 0 Å². The van der Waals surface area contributed by atoms with Gasteiger partial charge in [0.05, 0.1) is 0 Å². The summed E-state index contributed by atoms with van der Waals surface area (Å²) >= 11 is 0. The molecule has 0 spiro atoms. The standard InChI is InChI=1S/C32H48O9/c1-19(33)38-17-32(27(37)40-18-39-20(2)34)16-15-30(7)22(26(32)36)9-10-24-29(6)13-12-25(41-21(3)35)28(4,5)23(29)11-14-31(24,30)8/h22-25H,9-18H2,1-8H3/t22?,23?,24?,25?,29-,30+,31+,32-/m0/s1. The first-order valence-corrected chi connectivity index (χ1v) is 15.1. The zero-order valence-corrected chi connectivity index (χ0v) is 26.1. The third-order valence-corrected chi connectivity index (χ3v) is 12.3. The van der Waals surface area contributed by atoms with Gasteiger partial charge in [-0.15, -0.1) is 0 Å². The normalized spacial score (nSPS) is 41.1. The van der Waals surface area contributed by atoms with Crippen LogP contribution in [0.1, 0.15) is 107 Å². The molecule has 4 saturated carbocycles. The molecule has 0 heterocycles. The van der Waals surface area contributed by atoms with Crippen LogP contribution >= 0.6 is 0 Å². The predicted molar refractivity (Wildman–Crippen MR) is 148 cm³/mol. The summed E-state index contributed by atoms with van der Waals surface area (Å²) in [7, 11) is 0. The maximum absolute atomic E-state index is 14.4. The van der Waals surface area contributed by atoms with Crippen LogP contribution in [-0.4, -0.2) is 49.2 Å². The second-order valence-electron chi connectivity index (χ2n) is 14.5. The summed E-state index contributed by atoms with van der Waals surface area (Å²) < 4.78 is 21.2. The molecule has 9 heteroatoms. The average Bonchev–Trinajstić information content (AvgIpc) is 2.86. The van der Waals surface area contributed by atoms with Crippen LogP contribution in [0.5, 0.6) is 0 Å². The lowest BCUT2D eigenvalue weighted by Gasteiger charge is -2.71. The highest BCUT2D eigenvalue weighted by Gasteiger charge is 2.71. The van der Waals surface area contributed by atoms with Crippen molar-refractivity contribution in [1.29, 1.82) is 0 Å². The molecule has 4 aliphatic rings. The first kappa shape index (κ1) is 31.5. The van der Waals surface area contributed by atoms with E-state index in [9.17, 15) is 24.0 Å². The van der Waals surface area contributed by atoms with E-state index in [2.05, 4.69) is 34.6 Å². The van der Waals surface area contributed by atoms with Crippen LogP contribution in [-0.2, 0) is 42.9 Å². The number of fused-ring (bicyclic) bond motifs is 5. The van der Waals surface area contributed by atoms with Gasteiger partial charge in [-0.25, -0.2) is 0 Å². The van der Waals surface area contributed by atoms with Gasteiger partial charge < -0.3 is 18.9 Å². The maximum Gasteiger partial charge on any atom is 0.326 e. The predicted octanol–water partition coefficient (Wildman–Crippen LogP) is 5.17. The highest BCUT2D eigenvalue weighted by molar-refractivity contribution is 6.06. The molecule has 0 saturated heterocycles. The van der Waals surface area contributed by atoms with Crippen LogP contribution in [0.25, 0.3) is 0 Å². The molecule has 0 aromatic rings. The molecule has 8 atom stereocenters. The fraction of sp³-hybridized carbons (Fsp3) is 0.844. The van der Waals surface area contributed by atoms with E-state index in [0.29, 0.717) is 24.7 Å². The van der Waals surface area contributed by atoms with Gasteiger partial charge in [-0.2, -0.15) is 0 Å². The Bertz CT molecular complexity index is 1110. The topological polar surface area (TPSA) is 122 Å². The third-order valence-electron chi connectivity index (χ3n) is 12.3. The van der Waals surface area contributed by atoms with Gasteiger partial charge in [0.15, 0.2) is 11.2 Å². The summed E-state index contributed by atoms with van der Waals surface area (Å²) in [6.07, 6.45) is 5.92. The van der Waals surface area contributed by atoms with E-state index in [1.165, 1.54) is 20.8 Å². The van der Waals surface area contributed by atoms with Crippen molar-refractivity contribution in [3.8, 4) is 0 Å². The summed E-state index contributed by atoms with van der Waals surface area (Å²) in [5.74, 6) is -2.08. The van der Waals surface area contributed by atoms with Crippen LogP contribution in [0, 0.1) is 44.8 Å². The molecule has 4 rings (SSSR count). The lowest BCUT2D eigenvalue weighted by molar-refractivity contribution is -0.238. The van der Waals surface area contributed by atoms with Gasteiger partial charge in [0.1, 0.15) is 12.7 Å². The van der Waals surface area contributed by atoms with Crippen molar-refractivity contribution in [2.24, 2.45) is 44.8 Å². The molecule has 4 unspecified atom stereocenters. The summed E-state index contributed by atoms with van der Waals surface area (Å²) in [6.45, 7) is 14.4. The van der Waals surface area contributed by atoms with Gasteiger partial charge in [-0.1, -0.05) is 34.6 Å². The van der Waals surface area contributed by atoms with Crippen molar-refractivity contribution >= 4 is 29.7 Å². The fourth-order valence-electron chi connectivity index (χ4n) is 10.1. The number of ketones is 1. The Hall–Kier alpha value is -2.45. The van der Waals surface area contributed by atoms with Gasteiger partial charge in [-0.05, 0) is 79.4 Å². The van der Waals surface area contributed by atoms with E-state index in [-0.39, 0.29) is 58.5 Å². The van der Waals surface area contributed by atoms with Gasteiger partial charge in [0, 0.05) is 32.1 Å². The van der Waals surface area contributed by atoms with Gasteiger partial charge in [0.2, 0.25) is 6.79 Å². The van der Waals surface area contributed by atoms with Crippen molar-refractivity contribution in [1.82, 2.24) is 0 Å². The highest BCUT2D eigenvalue weighted by Crippen LogP contribution is 2.74. The van der Waals surface area contributed by atoms with Crippen molar-refractivity contribution < 1.29 is 42.9 Å². The number of esters is 4. The summed E-state index contributed by atoms with van der Waals surface area (Å²) in [5, 5.41) is 0. The molecule has 0 radical (unpaired) electrons. The number of rotatable bonds is 6.